The van der Waals surface area contributed by atoms with Gasteiger partial charge in [-0.15, -0.1) is 0 Å². The van der Waals surface area contributed by atoms with E-state index in [1.54, 1.807) is 36.4 Å². The highest BCUT2D eigenvalue weighted by Gasteiger charge is 2.26. The van der Waals surface area contributed by atoms with E-state index in [0.29, 0.717) is 5.56 Å². The highest BCUT2D eigenvalue weighted by Crippen LogP contribution is 2.21. The van der Waals surface area contributed by atoms with Crippen LogP contribution >= 0.6 is 0 Å². The zero-order chi connectivity index (χ0) is 30.3. The molecule has 0 aromatic heterocycles. The molecule has 4 rings (SSSR count). The van der Waals surface area contributed by atoms with Gasteiger partial charge in [0.2, 0.25) is 10.0 Å². The molecule has 0 fully saturated rings. The predicted molar refractivity (Wildman–Crippen MR) is 161 cm³/mol. The summed E-state index contributed by atoms with van der Waals surface area (Å²) in [6.07, 6.45) is 1.43. The molecule has 1 unspecified atom stereocenters. The van der Waals surface area contributed by atoms with Crippen molar-refractivity contribution in [2.45, 2.75) is 43.0 Å². The summed E-state index contributed by atoms with van der Waals surface area (Å²) in [5, 5.41) is 4.00. The number of amides is 1. The van der Waals surface area contributed by atoms with Crippen LogP contribution in [-0.4, -0.2) is 35.0 Å². The second-order valence-corrected chi connectivity index (χ2v) is 13.1. The molecule has 0 aliphatic rings. The molecule has 0 saturated carbocycles. The minimum atomic E-state index is -4.06. The number of benzene rings is 4. The van der Waals surface area contributed by atoms with Gasteiger partial charge in [0.1, 0.15) is 16.7 Å². The Bertz CT molecular complexity index is 1790. The number of nitrogens with zero attached hydrogens (tertiary/aromatic N) is 1. The number of rotatable bonds is 11. The van der Waals surface area contributed by atoms with Crippen LogP contribution in [0.4, 0.5) is 0 Å². The van der Waals surface area contributed by atoms with Crippen LogP contribution in [0.3, 0.4) is 0 Å². The minimum absolute atomic E-state index is 0.0132. The summed E-state index contributed by atoms with van der Waals surface area (Å²) in [7, 11) is -8.10. The molecule has 0 radical (unpaired) electrons. The van der Waals surface area contributed by atoms with E-state index in [2.05, 4.69) is 15.2 Å². The number of aryl methyl sites for hydroxylation is 3. The van der Waals surface area contributed by atoms with Crippen molar-refractivity contribution in [3.63, 3.8) is 0 Å². The molecule has 0 saturated heterocycles. The number of nitrogens with one attached hydrogen (secondary N) is 2. The standard InChI is InChI=1S/C31H31N3O6S2/c1-22-7-15-28(16-8-22)41(36,37)34-30(31(35)33-32-21-26-6-4-5-24(3)19-26)20-25-11-13-27(14-12-25)40-42(38,39)29-17-9-23(2)10-18-29/h4-19,21,30,34H,20H2,1-3H3,(H,33,35). The van der Waals surface area contributed by atoms with E-state index in [-0.39, 0.29) is 22.0 Å². The van der Waals surface area contributed by atoms with Gasteiger partial charge < -0.3 is 4.18 Å². The number of carbonyl (C=O) groups excluding carboxylic acids is 1. The van der Waals surface area contributed by atoms with Gasteiger partial charge in [-0.3, -0.25) is 4.79 Å². The SMILES string of the molecule is Cc1ccc(S(=O)(=O)NC(Cc2ccc(OS(=O)(=O)c3ccc(C)cc3)cc2)C(=O)NN=Cc2cccc(C)c2)cc1. The molecular formula is C31H31N3O6S2. The van der Waals surface area contributed by atoms with Crippen molar-refractivity contribution in [2.75, 3.05) is 0 Å². The number of sulfonamides is 1. The smallest absolute Gasteiger partial charge is 0.339 e. The molecule has 9 nitrogen and oxygen atoms in total. The van der Waals surface area contributed by atoms with E-state index in [9.17, 15) is 21.6 Å². The van der Waals surface area contributed by atoms with Gasteiger partial charge in [-0.1, -0.05) is 77.4 Å². The van der Waals surface area contributed by atoms with E-state index < -0.39 is 32.1 Å². The van der Waals surface area contributed by atoms with Gasteiger partial charge in [-0.2, -0.15) is 18.2 Å². The summed E-state index contributed by atoms with van der Waals surface area (Å²) in [4.78, 5) is 13.2. The zero-order valence-electron chi connectivity index (χ0n) is 23.3. The van der Waals surface area contributed by atoms with Gasteiger partial charge in [-0.05, 0) is 74.7 Å². The molecule has 42 heavy (non-hydrogen) atoms. The maximum Gasteiger partial charge on any atom is 0.339 e. The van der Waals surface area contributed by atoms with Crippen molar-refractivity contribution >= 4 is 32.3 Å². The van der Waals surface area contributed by atoms with Crippen molar-refractivity contribution in [3.05, 3.63) is 125 Å². The topological polar surface area (TPSA) is 131 Å². The van der Waals surface area contributed by atoms with Gasteiger partial charge in [0.15, 0.2) is 0 Å². The lowest BCUT2D eigenvalue weighted by Crippen LogP contribution is -2.46. The normalized spacial score (nSPS) is 12.6. The number of hydrazone groups is 1. The van der Waals surface area contributed by atoms with Crippen LogP contribution < -0.4 is 14.3 Å². The molecule has 218 valence electrons. The lowest BCUT2D eigenvalue weighted by atomic mass is 10.1. The van der Waals surface area contributed by atoms with Crippen LogP contribution in [0.1, 0.15) is 27.8 Å². The molecule has 0 bridgehead atoms. The summed E-state index contributed by atoms with van der Waals surface area (Å²) in [6, 6.07) is 24.8. The molecule has 1 atom stereocenters. The van der Waals surface area contributed by atoms with E-state index in [1.165, 1.54) is 42.6 Å². The van der Waals surface area contributed by atoms with Gasteiger partial charge in [0.05, 0.1) is 11.1 Å². The minimum Gasteiger partial charge on any atom is -0.379 e. The third-order valence-electron chi connectivity index (χ3n) is 6.25. The van der Waals surface area contributed by atoms with Gasteiger partial charge in [-0.25, -0.2) is 13.8 Å². The van der Waals surface area contributed by atoms with Crippen LogP contribution in [0.15, 0.2) is 112 Å². The van der Waals surface area contributed by atoms with Gasteiger partial charge in [0.25, 0.3) is 5.91 Å². The molecule has 11 heteroatoms. The second kappa shape index (κ2) is 13.1. The molecule has 0 spiro atoms. The van der Waals surface area contributed by atoms with Crippen molar-refractivity contribution < 1.29 is 25.8 Å². The third kappa shape index (κ3) is 8.35. The largest absolute Gasteiger partial charge is 0.379 e. The molecule has 4 aromatic rings. The number of hydrogen-bond donors (Lipinski definition) is 2. The first-order valence-corrected chi connectivity index (χ1v) is 15.9. The molecule has 2 N–H and O–H groups in total. The molecule has 1 amide bonds. The molecule has 0 aliphatic carbocycles. The molecule has 4 aromatic carbocycles. The van der Waals surface area contributed by atoms with Crippen molar-refractivity contribution in [2.24, 2.45) is 5.10 Å². The number of hydrogen-bond acceptors (Lipinski definition) is 7. The first-order valence-electron chi connectivity index (χ1n) is 13.0. The third-order valence-corrected chi connectivity index (χ3v) is 9.00. The van der Waals surface area contributed by atoms with E-state index in [4.69, 9.17) is 4.18 Å². The summed E-state index contributed by atoms with van der Waals surface area (Å²) in [5.74, 6) is -0.597. The Labute approximate surface area is 246 Å². The predicted octanol–water partition coefficient (Wildman–Crippen LogP) is 4.42. The fraction of sp³-hybridized carbons (Fsp3) is 0.161. The van der Waals surface area contributed by atoms with Crippen molar-refractivity contribution in [1.29, 1.82) is 0 Å². The maximum absolute atomic E-state index is 13.1. The first kappa shape index (κ1) is 30.6. The Morgan fingerprint density at radius 2 is 1.38 bits per heavy atom. The maximum atomic E-state index is 13.1. The van der Waals surface area contributed by atoms with E-state index in [0.717, 1.165) is 22.3 Å². The van der Waals surface area contributed by atoms with Crippen molar-refractivity contribution in [3.8, 4) is 5.75 Å². The van der Waals surface area contributed by atoms with E-state index in [1.807, 2.05) is 45.0 Å². The summed E-state index contributed by atoms with van der Waals surface area (Å²) >= 11 is 0. The highest BCUT2D eigenvalue weighted by atomic mass is 32.2. The number of carbonyl (C=O) groups is 1. The first-order chi connectivity index (χ1) is 19.9. The molecular weight excluding hydrogens is 574 g/mol. The second-order valence-electron chi connectivity index (χ2n) is 9.83. The van der Waals surface area contributed by atoms with Crippen LogP contribution in [0, 0.1) is 20.8 Å². The average Bonchev–Trinajstić information content (AvgIpc) is 2.94. The monoisotopic (exact) mass is 605 g/mol. The Balaban J connectivity index is 1.52. The average molecular weight is 606 g/mol. The summed E-state index contributed by atoms with van der Waals surface area (Å²) < 4.78 is 59.3. The Morgan fingerprint density at radius 3 is 1.98 bits per heavy atom. The molecule has 0 heterocycles. The van der Waals surface area contributed by atoms with Crippen molar-refractivity contribution in [1.82, 2.24) is 10.1 Å². The van der Waals surface area contributed by atoms with Crippen LogP contribution in [-0.2, 0) is 31.4 Å². The fourth-order valence-electron chi connectivity index (χ4n) is 3.96. The zero-order valence-corrected chi connectivity index (χ0v) is 24.9. The Hall–Kier alpha value is -4.32. The quantitative estimate of drug-likeness (QED) is 0.148. The Kier molecular flexibility index (Phi) is 9.56. The summed E-state index contributed by atoms with van der Waals surface area (Å²) in [5.41, 5.74) is 6.57. The fourth-order valence-corrected chi connectivity index (χ4v) is 6.08. The lowest BCUT2D eigenvalue weighted by Gasteiger charge is -2.18. The van der Waals surface area contributed by atoms with Crippen LogP contribution in [0.2, 0.25) is 0 Å². The highest BCUT2D eigenvalue weighted by molar-refractivity contribution is 7.89. The molecule has 0 aliphatic heterocycles. The van der Waals surface area contributed by atoms with Crippen LogP contribution in [0.25, 0.3) is 0 Å². The lowest BCUT2D eigenvalue weighted by molar-refractivity contribution is -0.122. The van der Waals surface area contributed by atoms with Gasteiger partial charge >= 0.3 is 10.1 Å². The summed E-state index contributed by atoms with van der Waals surface area (Å²) in [6.45, 7) is 5.62. The van der Waals surface area contributed by atoms with E-state index >= 15 is 0 Å². The van der Waals surface area contributed by atoms with Gasteiger partial charge in [0, 0.05) is 0 Å². The Morgan fingerprint density at radius 1 is 0.786 bits per heavy atom. The van der Waals surface area contributed by atoms with Crippen LogP contribution in [0.5, 0.6) is 5.75 Å².